The molecule has 2 aliphatic rings. The van der Waals surface area contributed by atoms with E-state index in [4.69, 9.17) is 4.74 Å². The van der Waals surface area contributed by atoms with E-state index in [1.807, 2.05) is 35.0 Å². The number of amides is 1. The normalized spacial score (nSPS) is 23.5. The summed E-state index contributed by atoms with van der Waals surface area (Å²) < 4.78 is 29.2. The number of hydrogen-bond acceptors (Lipinski definition) is 5. The van der Waals surface area contributed by atoms with E-state index in [0.29, 0.717) is 26.1 Å². The van der Waals surface area contributed by atoms with Crippen LogP contribution >= 0.6 is 0 Å². The summed E-state index contributed by atoms with van der Waals surface area (Å²) in [4.78, 5) is 16.3. The molecule has 6 nitrogen and oxygen atoms in total. The van der Waals surface area contributed by atoms with Gasteiger partial charge in [-0.3, -0.25) is 9.69 Å². The van der Waals surface area contributed by atoms with Crippen LogP contribution in [0.5, 0.6) is 0 Å². The summed E-state index contributed by atoms with van der Waals surface area (Å²) in [5, 5.41) is 0. The Morgan fingerprint density at radius 2 is 1.88 bits per heavy atom. The molecule has 0 bridgehead atoms. The van der Waals surface area contributed by atoms with E-state index in [1.54, 1.807) is 0 Å². The predicted octanol–water partition coefficient (Wildman–Crippen LogP) is 1.31. The molecule has 0 N–H and O–H groups in total. The average Bonchev–Trinajstić information content (AvgIpc) is 3.01. The van der Waals surface area contributed by atoms with E-state index in [9.17, 15) is 13.2 Å². The van der Waals surface area contributed by atoms with Gasteiger partial charge in [0.1, 0.15) is 0 Å². The minimum absolute atomic E-state index is 0.0318. The summed E-state index contributed by atoms with van der Waals surface area (Å²) in [6.45, 7) is 2.30. The number of nitrogens with zero attached hydrogens (tertiary/aromatic N) is 2. The first-order chi connectivity index (χ1) is 12.4. The summed E-state index contributed by atoms with van der Waals surface area (Å²) in [6, 6.07) is 10.1. The fourth-order valence-corrected chi connectivity index (χ4v) is 5.43. The molecule has 0 aromatic heterocycles. The maximum absolute atomic E-state index is 12.5. The molecule has 0 unspecified atom stereocenters. The van der Waals surface area contributed by atoms with Gasteiger partial charge in [0.05, 0.1) is 30.8 Å². The molecule has 144 valence electrons. The number of carbonyl (C=O) groups excluding carboxylic acids is 1. The molecule has 2 aliphatic heterocycles. The number of carbonyl (C=O) groups is 1. The zero-order valence-electron chi connectivity index (χ0n) is 15.3. The molecule has 2 fully saturated rings. The van der Waals surface area contributed by atoms with Gasteiger partial charge in [0, 0.05) is 19.1 Å². The van der Waals surface area contributed by atoms with Crippen molar-refractivity contribution in [1.29, 1.82) is 0 Å². The second-order valence-corrected chi connectivity index (χ2v) is 9.58. The smallest absolute Gasteiger partial charge is 0.236 e. The third-order valence-electron chi connectivity index (χ3n) is 5.34. The van der Waals surface area contributed by atoms with Crippen molar-refractivity contribution in [3.05, 3.63) is 35.9 Å². The predicted molar refractivity (Wildman–Crippen MR) is 101 cm³/mol. The summed E-state index contributed by atoms with van der Waals surface area (Å²) >= 11 is 0. The molecule has 1 amide bonds. The molecule has 7 heteroatoms. The zero-order chi connectivity index (χ0) is 18.6. The minimum atomic E-state index is -2.92. The van der Waals surface area contributed by atoms with Crippen molar-refractivity contribution in [3.8, 4) is 0 Å². The number of ether oxygens (including phenoxy) is 1. The van der Waals surface area contributed by atoms with E-state index in [0.717, 1.165) is 12.8 Å². The van der Waals surface area contributed by atoms with Crippen molar-refractivity contribution in [1.82, 2.24) is 9.80 Å². The molecule has 1 aromatic rings. The number of rotatable bonds is 6. The van der Waals surface area contributed by atoms with Crippen LogP contribution in [0.15, 0.2) is 30.3 Å². The number of likely N-dealkylation sites (N-methyl/N-ethyl adjacent to an activating group) is 1. The number of sulfone groups is 1. The van der Waals surface area contributed by atoms with E-state index in [2.05, 4.69) is 12.1 Å². The molecule has 1 atom stereocenters. The molecular weight excluding hydrogens is 352 g/mol. The van der Waals surface area contributed by atoms with Gasteiger partial charge in [-0.2, -0.15) is 0 Å². The van der Waals surface area contributed by atoms with Crippen molar-refractivity contribution < 1.29 is 17.9 Å². The van der Waals surface area contributed by atoms with E-state index in [1.165, 1.54) is 5.56 Å². The number of benzene rings is 1. The van der Waals surface area contributed by atoms with Crippen LogP contribution in [0.25, 0.3) is 0 Å². The Labute approximate surface area is 156 Å². The summed E-state index contributed by atoms with van der Waals surface area (Å²) in [7, 11) is -1.07. The van der Waals surface area contributed by atoms with E-state index >= 15 is 0 Å². The molecule has 0 spiro atoms. The fraction of sp³-hybridized carbons (Fsp3) is 0.632. The summed E-state index contributed by atoms with van der Waals surface area (Å²) in [5.74, 6) is 0.491. The Morgan fingerprint density at radius 3 is 2.50 bits per heavy atom. The first-order valence-electron chi connectivity index (χ1n) is 9.27. The van der Waals surface area contributed by atoms with Crippen molar-refractivity contribution in [2.75, 3.05) is 38.2 Å². The van der Waals surface area contributed by atoms with Gasteiger partial charge >= 0.3 is 0 Å². The lowest BCUT2D eigenvalue weighted by molar-refractivity contribution is -0.135. The monoisotopic (exact) mass is 380 g/mol. The van der Waals surface area contributed by atoms with Gasteiger partial charge in [0.15, 0.2) is 9.84 Å². The van der Waals surface area contributed by atoms with Crippen molar-refractivity contribution >= 4 is 15.7 Å². The van der Waals surface area contributed by atoms with Gasteiger partial charge in [-0.25, -0.2) is 8.42 Å². The SMILES string of the molecule is CN(CC(=O)N1CCC(OCc2ccccc2)CC1)[C@H]1CCS(=O)(=O)C1. The lowest BCUT2D eigenvalue weighted by Crippen LogP contribution is -2.47. The zero-order valence-corrected chi connectivity index (χ0v) is 16.2. The number of piperidine rings is 1. The highest BCUT2D eigenvalue weighted by molar-refractivity contribution is 7.91. The Balaban J connectivity index is 1.39. The maximum atomic E-state index is 12.5. The maximum Gasteiger partial charge on any atom is 0.236 e. The fourth-order valence-electron chi connectivity index (χ4n) is 3.63. The topological polar surface area (TPSA) is 66.9 Å². The summed E-state index contributed by atoms with van der Waals surface area (Å²) in [6.07, 6.45) is 2.51. The van der Waals surface area contributed by atoms with Crippen LogP contribution in [-0.2, 0) is 26.0 Å². The van der Waals surface area contributed by atoms with Crippen LogP contribution < -0.4 is 0 Å². The van der Waals surface area contributed by atoms with Crippen molar-refractivity contribution in [2.45, 2.75) is 38.0 Å². The molecule has 2 heterocycles. The molecule has 3 rings (SSSR count). The summed E-state index contributed by atoms with van der Waals surface area (Å²) in [5.41, 5.74) is 1.17. The lowest BCUT2D eigenvalue weighted by Gasteiger charge is -2.33. The third-order valence-corrected chi connectivity index (χ3v) is 7.09. The molecule has 0 aliphatic carbocycles. The Hall–Kier alpha value is -1.44. The Bertz CT molecular complexity index is 700. The van der Waals surface area contributed by atoms with Crippen LogP contribution in [0.4, 0.5) is 0 Å². The van der Waals surface area contributed by atoms with Crippen LogP contribution in [-0.4, -0.2) is 74.5 Å². The third kappa shape index (κ3) is 5.28. The lowest BCUT2D eigenvalue weighted by atomic mass is 10.1. The first-order valence-corrected chi connectivity index (χ1v) is 11.1. The highest BCUT2D eigenvalue weighted by atomic mass is 32.2. The first kappa shape index (κ1) is 19.3. The largest absolute Gasteiger partial charge is 0.373 e. The van der Waals surface area contributed by atoms with Crippen LogP contribution in [0.2, 0.25) is 0 Å². The minimum Gasteiger partial charge on any atom is -0.373 e. The number of likely N-dealkylation sites (tertiary alicyclic amines) is 1. The standard InChI is InChI=1S/C19H28N2O4S/c1-20(17-9-12-26(23,24)15-17)13-19(22)21-10-7-18(8-11-21)25-14-16-5-3-2-4-6-16/h2-6,17-18H,7-15H2,1H3/t17-/m0/s1. The number of hydrogen-bond donors (Lipinski definition) is 0. The highest BCUT2D eigenvalue weighted by Gasteiger charge is 2.32. The Morgan fingerprint density at radius 1 is 1.19 bits per heavy atom. The van der Waals surface area contributed by atoms with E-state index < -0.39 is 9.84 Å². The second kappa shape index (κ2) is 8.50. The second-order valence-electron chi connectivity index (χ2n) is 7.35. The van der Waals surface area contributed by atoms with Gasteiger partial charge in [0.2, 0.25) is 5.91 Å². The van der Waals surface area contributed by atoms with Gasteiger partial charge in [-0.1, -0.05) is 30.3 Å². The quantitative estimate of drug-likeness (QED) is 0.745. The van der Waals surface area contributed by atoms with E-state index in [-0.39, 0.29) is 36.1 Å². The molecular formula is C19H28N2O4S. The van der Waals surface area contributed by atoms with Gasteiger partial charge in [0.25, 0.3) is 0 Å². The molecule has 0 radical (unpaired) electrons. The average molecular weight is 381 g/mol. The van der Waals surface area contributed by atoms with Crippen LogP contribution in [0.3, 0.4) is 0 Å². The van der Waals surface area contributed by atoms with Gasteiger partial charge in [-0.15, -0.1) is 0 Å². The van der Waals surface area contributed by atoms with Gasteiger partial charge in [-0.05, 0) is 31.9 Å². The molecule has 1 aromatic carbocycles. The molecule has 2 saturated heterocycles. The van der Waals surface area contributed by atoms with Crippen LogP contribution in [0, 0.1) is 0 Å². The highest BCUT2D eigenvalue weighted by Crippen LogP contribution is 2.18. The van der Waals surface area contributed by atoms with Crippen molar-refractivity contribution in [2.24, 2.45) is 0 Å². The van der Waals surface area contributed by atoms with Crippen molar-refractivity contribution in [3.63, 3.8) is 0 Å². The molecule has 0 saturated carbocycles. The molecule has 26 heavy (non-hydrogen) atoms. The van der Waals surface area contributed by atoms with Gasteiger partial charge < -0.3 is 9.64 Å². The van der Waals surface area contributed by atoms with Crippen LogP contribution in [0.1, 0.15) is 24.8 Å². The Kier molecular flexibility index (Phi) is 6.32.